The Morgan fingerprint density at radius 2 is 1.46 bits per heavy atom. The average molecular weight is 401 g/mol. The second-order valence-corrected chi connectivity index (χ2v) is 6.03. The Kier molecular flexibility index (Phi) is 22.4. The molecule has 28 heavy (non-hydrogen) atoms. The monoisotopic (exact) mass is 400 g/mol. The highest BCUT2D eigenvalue weighted by atomic mass is 16.6. The van der Waals surface area contributed by atoms with Gasteiger partial charge in [0.2, 0.25) is 5.91 Å². The van der Waals surface area contributed by atoms with Crippen LogP contribution in [0.1, 0.15) is 40.5 Å². The van der Waals surface area contributed by atoms with Gasteiger partial charge in [0.1, 0.15) is 6.61 Å². The lowest BCUT2D eigenvalue weighted by Crippen LogP contribution is -2.30. The summed E-state index contributed by atoms with van der Waals surface area (Å²) in [5, 5.41) is 7.56. The number of nitrogens with one attached hydrogen (secondary N) is 1. The quantitative estimate of drug-likeness (QED) is 0.231. The number of amides is 1. The minimum atomic E-state index is 0.0567. The van der Waals surface area contributed by atoms with Gasteiger partial charge in [-0.15, -0.1) is 6.42 Å². The second kappa shape index (κ2) is 21.8. The van der Waals surface area contributed by atoms with E-state index in [4.69, 9.17) is 30.8 Å². The van der Waals surface area contributed by atoms with Gasteiger partial charge < -0.3 is 29.3 Å². The summed E-state index contributed by atoms with van der Waals surface area (Å²) in [4.78, 5) is 13.6. The average Bonchev–Trinajstić information content (AvgIpc) is 2.70. The number of terminal acetylenes is 1. The Balaban J connectivity index is 0. The van der Waals surface area contributed by atoms with Crippen molar-refractivity contribution in [1.82, 2.24) is 4.90 Å². The van der Waals surface area contributed by atoms with E-state index in [2.05, 4.69) is 5.92 Å². The van der Waals surface area contributed by atoms with Gasteiger partial charge in [-0.3, -0.25) is 4.79 Å². The first-order valence-electron chi connectivity index (χ1n) is 10.0. The Morgan fingerprint density at radius 1 is 1.00 bits per heavy atom. The number of carbonyl (C=O) groups is 1. The molecule has 0 saturated carbocycles. The summed E-state index contributed by atoms with van der Waals surface area (Å²) in [6.45, 7) is 12.0. The van der Waals surface area contributed by atoms with Gasteiger partial charge in [-0.2, -0.15) is 0 Å². The van der Waals surface area contributed by atoms with Gasteiger partial charge in [-0.05, 0) is 19.3 Å². The molecule has 0 aromatic carbocycles. The molecule has 0 saturated heterocycles. The summed E-state index contributed by atoms with van der Waals surface area (Å²) in [6, 6.07) is 0. The lowest BCUT2D eigenvalue weighted by molar-refractivity contribution is -0.131. The summed E-state index contributed by atoms with van der Waals surface area (Å²) < 4.78 is 21.1. The zero-order valence-electron chi connectivity index (χ0n) is 18.4. The van der Waals surface area contributed by atoms with Gasteiger partial charge in [0.05, 0.1) is 52.7 Å². The molecule has 0 heterocycles. The Hall–Kier alpha value is -1.46. The molecule has 7 nitrogen and oxygen atoms in total. The van der Waals surface area contributed by atoms with Crippen molar-refractivity contribution in [1.29, 1.82) is 5.41 Å². The number of ether oxygens (including phenoxy) is 4. The third-order valence-corrected chi connectivity index (χ3v) is 3.82. The maximum atomic E-state index is 12.0. The summed E-state index contributed by atoms with van der Waals surface area (Å²) >= 11 is 0. The SMILES string of the molecule is C#CCOCCOCCOCCOCCC(=O)N(C)CCC(C)C(C)=N.CC. The van der Waals surface area contributed by atoms with Gasteiger partial charge in [0.15, 0.2) is 0 Å². The Morgan fingerprint density at radius 3 is 1.93 bits per heavy atom. The van der Waals surface area contributed by atoms with Crippen LogP contribution in [-0.2, 0) is 23.7 Å². The van der Waals surface area contributed by atoms with Crippen molar-refractivity contribution in [3.8, 4) is 12.3 Å². The summed E-state index contributed by atoms with van der Waals surface area (Å²) in [5.41, 5.74) is 0.650. The van der Waals surface area contributed by atoms with E-state index in [1.165, 1.54) is 0 Å². The normalized spacial score (nSPS) is 11.1. The van der Waals surface area contributed by atoms with Crippen LogP contribution >= 0.6 is 0 Å². The first-order chi connectivity index (χ1) is 13.5. The highest BCUT2D eigenvalue weighted by molar-refractivity contribution is 5.81. The lowest BCUT2D eigenvalue weighted by Gasteiger charge is -2.19. The van der Waals surface area contributed by atoms with E-state index in [1.807, 2.05) is 20.8 Å². The molecule has 0 fully saturated rings. The van der Waals surface area contributed by atoms with E-state index in [9.17, 15) is 4.79 Å². The topological polar surface area (TPSA) is 81.1 Å². The summed E-state index contributed by atoms with van der Waals surface area (Å²) in [5.74, 6) is 2.65. The van der Waals surface area contributed by atoms with Crippen molar-refractivity contribution in [2.75, 3.05) is 66.4 Å². The number of rotatable bonds is 17. The smallest absolute Gasteiger partial charge is 0.224 e. The molecule has 0 aromatic rings. The number of hydrogen-bond acceptors (Lipinski definition) is 6. The van der Waals surface area contributed by atoms with Crippen molar-refractivity contribution in [3.05, 3.63) is 0 Å². The molecule has 0 bridgehead atoms. The van der Waals surface area contributed by atoms with Crippen LogP contribution in [0, 0.1) is 23.7 Å². The molecule has 0 rings (SSSR count). The van der Waals surface area contributed by atoms with Gasteiger partial charge >= 0.3 is 0 Å². The third kappa shape index (κ3) is 19.3. The molecule has 1 unspecified atom stereocenters. The van der Waals surface area contributed by atoms with Crippen LogP contribution in [-0.4, -0.2) is 83.0 Å². The minimum absolute atomic E-state index is 0.0567. The number of nitrogens with zero attached hydrogens (tertiary/aromatic N) is 1. The summed E-state index contributed by atoms with van der Waals surface area (Å²) in [7, 11) is 1.79. The van der Waals surface area contributed by atoms with E-state index in [-0.39, 0.29) is 11.8 Å². The third-order valence-electron chi connectivity index (χ3n) is 3.82. The van der Waals surface area contributed by atoms with Crippen LogP contribution in [0.4, 0.5) is 0 Å². The zero-order valence-corrected chi connectivity index (χ0v) is 18.4. The predicted octanol–water partition coefficient (Wildman–Crippen LogP) is 2.63. The fourth-order valence-corrected chi connectivity index (χ4v) is 1.87. The number of hydrogen-bond donors (Lipinski definition) is 1. The van der Waals surface area contributed by atoms with Gasteiger partial charge in [0, 0.05) is 19.3 Å². The van der Waals surface area contributed by atoms with Crippen LogP contribution < -0.4 is 0 Å². The fraction of sp³-hybridized carbons (Fsp3) is 0.810. The maximum Gasteiger partial charge on any atom is 0.224 e. The molecule has 1 N–H and O–H groups in total. The highest BCUT2D eigenvalue weighted by Gasteiger charge is 2.11. The van der Waals surface area contributed by atoms with Crippen LogP contribution in [0.3, 0.4) is 0 Å². The second-order valence-electron chi connectivity index (χ2n) is 6.03. The predicted molar refractivity (Wildman–Crippen MR) is 113 cm³/mol. The van der Waals surface area contributed by atoms with Gasteiger partial charge in [-0.1, -0.05) is 26.7 Å². The van der Waals surface area contributed by atoms with Crippen molar-refractivity contribution in [2.24, 2.45) is 5.92 Å². The summed E-state index contributed by atoms with van der Waals surface area (Å²) in [6.07, 6.45) is 6.21. The van der Waals surface area contributed by atoms with Crippen molar-refractivity contribution in [3.63, 3.8) is 0 Å². The lowest BCUT2D eigenvalue weighted by atomic mass is 10.0. The molecule has 0 aliphatic heterocycles. The van der Waals surface area contributed by atoms with Crippen LogP contribution in [0.5, 0.6) is 0 Å². The van der Waals surface area contributed by atoms with E-state index >= 15 is 0 Å². The highest BCUT2D eigenvalue weighted by Crippen LogP contribution is 2.05. The van der Waals surface area contributed by atoms with E-state index in [0.29, 0.717) is 71.5 Å². The van der Waals surface area contributed by atoms with E-state index < -0.39 is 0 Å². The first kappa shape index (κ1) is 28.7. The molecule has 0 radical (unpaired) electrons. The standard InChI is InChI=1S/C19H34N2O5.C2H6/c1-5-9-23-11-13-25-15-16-26-14-12-24-10-7-19(22)21(4)8-6-17(2)18(3)20;1-2/h1,17,20H,6-16H2,2-4H3;1-2H3. The fourth-order valence-electron chi connectivity index (χ4n) is 1.87. The molecular weight excluding hydrogens is 360 g/mol. The van der Waals surface area contributed by atoms with Crippen LogP contribution in [0.25, 0.3) is 0 Å². The first-order valence-corrected chi connectivity index (χ1v) is 10.0. The van der Waals surface area contributed by atoms with Gasteiger partial charge in [0.25, 0.3) is 0 Å². The number of carbonyl (C=O) groups excluding carboxylic acids is 1. The van der Waals surface area contributed by atoms with Crippen molar-refractivity contribution < 1.29 is 23.7 Å². The van der Waals surface area contributed by atoms with Gasteiger partial charge in [-0.25, -0.2) is 0 Å². The molecular formula is C21H40N2O5. The molecule has 7 heteroatoms. The van der Waals surface area contributed by atoms with Crippen molar-refractivity contribution >= 4 is 11.6 Å². The largest absolute Gasteiger partial charge is 0.379 e. The van der Waals surface area contributed by atoms with Crippen LogP contribution in [0.15, 0.2) is 0 Å². The minimum Gasteiger partial charge on any atom is -0.379 e. The maximum absolute atomic E-state index is 12.0. The van der Waals surface area contributed by atoms with E-state index in [0.717, 1.165) is 6.42 Å². The molecule has 0 aromatic heterocycles. The van der Waals surface area contributed by atoms with Crippen molar-refractivity contribution in [2.45, 2.75) is 40.5 Å². The zero-order chi connectivity index (χ0) is 21.6. The Bertz CT molecular complexity index is 424. The molecule has 1 atom stereocenters. The Labute approximate surface area is 171 Å². The molecule has 0 spiro atoms. The molecule has 164 valence electrons. The van der Waals surface area contributed by atoms with Crippen LogP contribution in [0.2, 0.25) is 0 Å². The van der Waals surface area contributed by atoms with E-state index in [1.54, 1.807) is 18.9 Å². The molecule has 0 aliphatic carbocycles. The molecule has 0 aliphatic rings. The molecule has 1 amide bonds.